The van der Waals surface area contributed by atoms with E-state index in [2.05, 4.69) is 0 Å². The molecule has 1 unspecified atom stereocenters. The average Bonchev–Trinajstić information content (AvgIpc) is 2.30. The maximum Gasteiger partial charge on any atom is 0.314 e. The fraction of sp³-hybridized carbons (Fsp3) is 0.462. The van der Waals surface area contributed by atoms with Crippen LogP contribution < -0.4 is 10.5 Å². The Kier molecular flexibility index (Phi) is 4.97. The molecule has 0 saturated heterocycles. The van der Waals surface area contributed by atoms with Crippen LogP contribution in [-0.4, -0.2) is 26.2 Å². The number of esters is 1. The Balaban J connectivity index is 2.96. The van der Waals surface area contributed by atoms with Gasteiger partial charge in [-0.1, -0.05) is 12.1 Å². The van der Waals surface area contributed by atoms with Crippen LogP contribution in [0.3, 0.4) is 0 Å². The molecule has 1 rings (SSSR count). The first-order chi connectivity index (χ1) is 8.13. The summed E-state index contributed by atoms with van der Waals surface area (Å²) in [6.45, 7) is 4.32. The van der Waals surface area contributed by atoms with Crippen molar-refractivity contribution in [2.75, 3.05) is 20.3 Å². The predicted octanol–water partition coefficient (Wildman–Crippen LogP) is 1.61. The Morgan fingerprint density at radius 2 is 2.18 bits per heavy atom. The molecule has 2 N–H and O–H groups in total. The Hall–Kier alpha value is -1.55. The molecule has 0 heterocycles. The predicted molar refractivity (Wildman–Crippen MR) is 66.2 cm³/mol. The fourth-order valence-corrected chi connectivity index (χ4v) is 1.73. The second kappa shape index (κ2) is 6.25. The Morgan fingerprint density at radius 1 is 1.47 bits per heavy atom. The van der Waals surface area contributed by atoms with Crippen molar-refractivity contribution in [1.29, 1.82) is 0 Å². The van der Waals surface area contributed by atoms with Crippen molar-refractivity contribution in [1.82, 2.24) is 0 Å². The van der Waals surface area contributed by atoms with Gasteiger partial charge in [-0.3, -0.25) is 4.79 Å². The molecule has 0 bridgehead atoms. The van der Waals surface area contributed by atoms with Crippen LogP contribution in [0.2, 0.25) is 0 Å². The van der Waals surface area contributed by atoms with Crippen molar-refractivity contribution in [3.63, 3.8) is 0 Å². The minimum Gasteiger partial charge on any atom is -0.496 e. The number of hydrogen-bond acceptors (Lipinski definition) is 4. The maximum absolute atomic E-state index is 11.7. The molecular weight excluding hydrogens is 218 g/mol. The van der Waals surface area contributed by atoms with Gasteiger partial charge < -0.3 is 15.2 Å². The molecule has 94 valence electrons. The minimum absolute atomic E-state index is 0.241. The van der Waals surface area contributed by atoms with Gasteiger partial charge in [-0.15, -0.1) is 0 Å². The summed E-state index contributed by atoms with van der Waals surface area (Å²) in [4.78, 5) is 11.7. The normalized spacial score (nSPS) is 12.0. The summed E-state index contributed by atoms with van der Waals surface area (Å²) in [7, 11) is 1.62. The zero-order valence-corrected chi connectivity index (χ0v) is 10.5. The van der Waals surface area contributed by atoms with E-state index in [-0.39, 0.29) is 12.5 Å². The Morgan fingerprint density at radius 3 is 2.65 bits per heavy atom. The molecule has 0 fully saturated rings. The first kappa shape index (κ1) is 13.5. The molecule has 0 radical (unpaired) electrons. The zero-order valence-electron chi connectivity index (χ0n) is 10.5. The highest BCUT2D eigenvalue weighted by atomic mass is 16.5. The highest BCUT2D eigenvalue weighted by Crippen LogP contribution is 2.24. The molecule has 4 heteroatoms. The van der Waals surface area contributed by atoms with Gasteiger partial charge in [-0.25, -0.2) is 0 Å². The number of methoxy groups -OCH3 is 1. The molecule has 1 atom stereocenters. The van der Waals surface area contributed by atoms with Gasteiger partial charge in [0.05, 0.1) is 19.6 Å². The molecule has 0 aromatic heterocycles. The summed E-state index contributed by atoms with van der Waals surface area (Å²) in [6.07, 6.45) is 0. The summed E-state index contributed by atoms with van der Waals surface area (Å²) in [5.41, 5.74) is 7.47. The van der Waals surface area contributed by atoms with Crippen LogP contribution in [0.25, 0.3) is 0 Å². The SMILES string of the molecule is CCOC(=O)C(CN)c1ccc(OC)c(C)c1. The van der Waals surface area contributed by atoms with Gasteiger partial charge in [0.25, 0.3) is 0 Å². The molecule has 0 spiro atoms. The van der Waals surface area contributed by atoms with Crippen molar-refractivity contribution in [3.8, 4) is 5.75 Å². The van der Waals surface area contributed by atoms with Crippen molar-refractivity contribution in [2.24, 2.45) is 5.73 Å². The highest BCUT2D eigenvalue weighted by molar-refractivity contribution is 5.78. The average molecular weight is 237 g/mol. The van der Waals surface area contributed by atoms with E-state index in [0.29, 0.717) is 6.61 Å². The summed E-state index contributed by atoms with van der Waals surface area (Å²) < 4.78 is 10.2. The van der Waals surface area contributed by atoms with Gasteiger partial charge in [0, 0.05) is 6.54 Å². The molecule has 0 aliphatic heterocycles. The molecule has 0 amide bonds. The quantitative estimate of drug-likeness (QED) is 0.790. The molecule has 0 aliphatic carbocycles. The topological polar surface area (TPSA) is 61.5 Å². The van der Waals surface area contributed by atoms with E-state index in [1.807, 2.05) is 25.1 Å². The van der Waals surface area contributed by atoms with E-state index in [4.69, 9.17) is 15.2 Å². The number of carbonyl (C=O) groups is 1. The van der Waals surface area contributed by atoms with E-state index in [0.717, 1.165) is 16.9 Å². The van der Waals surface area contributed by atoms with Crippen molar-refractivity contribution < 1.29 is 14.3 Å². The second-order valence-corrected chi connectivity index (χ2v) is 3.77. The second-order valence-electron chi connectivity index (χ2n) is 3.77. The van der Waals surface area contributed by atoms with Crippen LogP contribution in [0.1, 0.15) is 24.0 Å². The third-order valence-corrected chi connectivity index (χ3v) is 2.63. The first-order valence-electron chi connectivity index (χ1n) is 5.65. The van der Waals surface area contributed by atoms with Gasteiger partial charge in [0.1, 0.15) is 5.75 Å². The summed E-state index contributed by atoms with van der Waals surface area (Å²) in [6, 6.07) is 5.60. The van der Waals surface area contributed by atoms with Gasteiger partial charge in [0.2, 0.25) is 0 Å². The summed E-state index contributed by atoms with van der Waals surface area (Å²) in [5.74, 6) is 0.118. The van der Waals surface area contributed by atoms with Gasteiger partial charge in [-0.2, -0.15) is 0 Å². The smallest absolute Gasteiger partial charge is 0.314 e. The lowest BCUT2D eigenvalue weighted by molar-refractivity contribution is -0.144. The van der Waals surface area contributed by atoms with Crippen molar-refractivity contribution in [3.05, 3.63) is 29.3 Å². The van der Waals surface area contributed by atoms with Crippen LogP contribution in [0.15, 0.2) is 18.2 Å². The number of aryl methyl sites for hydroxylation is 1. The summed E-state index contributed by atoms with van der Waals surface area (Å²) >= 11 is 0. The monoisotopic (exact) mass is 237 g/mol. The highest BCUT2D eigenvalue weighted by Gasteiger charge is 2.20. The van der Waals surface area contributed by atoms with Crippen LogP contribution in [0, 0.1) is 6.92 Å². The number of nitrogens with two attached hydrogens (primary N) is 1. The van der Waals surface area contributed by atoms with E-state index < -0.39 is 5.92 Å². The number of ether oxygens (including phenoxy) is 2. The summed E-state index contributed by atoms with van der Waals surface area (Å²) in [5, 5.41) is 0. The van der Waals surface area contributed by atoms with Gasteiger partial charge >= 0.3 is 5.97 Å². The molecule has 1 aromatic rings. The van der Waals surface area contributed by atoms with E-state index in [1.54, 1.807) is 14.0 Å². The third kappa shape index (κ3) is 3.20. The van der Waals surface area contributed by atoms with Gasteiger partial charge in [-0.05, 0) is 31.0 Å². The number of hydrogen-bond donors (Lipinski definition) is 1. The lowest BCUT2D eigenvalue weighted by atomic mass is 9.97. The largest absolute Gasteiger partial charge is 0.496 e. The third-order valence-electron chi connectivity index (χ3n) is 2.63. The Bertz CT molecular complexity index is 390. The number of rotatable bonds is 5. The van der Waals surface area contributed by atoms with E-state index >= 15 is 0 Å². The Labute approximate surface area is 102 Å². The molecule has 0 aliphatic rings. The van der Waals surface area contributed by atoms with Crippen LogP contribution in [0.4, 0.5) is 0 Å². The van der Waals surface area contributed by atoms with E-state index in [1.165, 1.54) is 0 Å². The molecule has 17 heavy (non-hydrogen) atoms. The maximum atomic E-state index is 11.7. The fourth-order valence-electron chi connectivity index (χ4n) is 1.73. The minimum atomic E-state index is -0.403. The van der Waals surface area contributed by atoms with Gasteiger partial charge in [0.15, 0.2) is 0 Å². The van der Waals surface area contributed by atoms with Crippen LogP contribution in [-0.2, 0) is 9.53 Å². The molecule has 4 nitrogen and oxygen atoms in total. The molecular formula is C13H19NO3. The van der Waals surface area contributed by atoms with Crippen LogP contribution in [0.5, 0.6) is 5.75 Å². The molecule has 0 saturated carbocycles. The lowest BCUT2D eigenvalue weighted by Gasteiger charge is -2.15. The standard InChI is InChI=1S/C13H19NO3/c1-4-17-13(15)11(8-14)10-5-6-12(16-3)9(2)7-10/h5-7,11H,4,8,14H2,1-3H3. The number of benzene rings is 1. The number of carbonyl (C=O) groups excluding carboxylic acids is 1. The van der Waals surface area contributed by atoms with Crippen molar-refractivity contribution in [2.45, 2.75) is 19.8 Å². The van der Waals surface area contributed by atoms with Crippen molar-refractivity contribution >= 4 is 5.97 Å². The first-order valence-corrected chi connectivity index (χ1v) is 5.65. The van der Waals surface area contributed by atoms with E-state index in [9.17, 15) is 4.79 Å². The zero-order chi connectivity index (χ0) is 12.8. The lowest BCUT2D eigenvalue weighted by Crippen LogP contribution is -2.23. The molecule has 1 aromatic carbocycles. The van der Waals surface area contributed by atoms with Crippen LogP contribution >= 0.6 is 0 Å².